The first kappa shape index (κ1) is 22.8. The van der Waals surface area contributed by atoms with E-state index in [2.05, 4.69) is 15.6 Å². The molecule has 3 rings (SSSR count). The number of nitrogens with one attached hydrogen (secondary N) is 1. The zero-order valence-electron chi connectivity index (χ0n) is 18.2. The first-order valence-electron chi connectivity index (χ1n) is 9.54. The van der Waals surface area contributed by atoms with Crippen LogP contribution in [-0.4, -0.2) is 67.1 Å². The summed E-state index contributed by atoms with van der Waals surface area (Å²) >= 11 is 0. The number of nitrogens with two attached hydrogens (primary N) is 1. The third-order valence-corrected chi connectivity index (χ3v) is 4.73. The molecule has 0 aliphatic heterocycles. The Labute approximate surface area is 184 Å². The molecule has 3 aromatic rings. The van der Waals surface area contributed by atoms with Gasteiger partial charge in [-0.2, -0.15) is 0 Å². The van der Waals surface area contributed by atoms with E-state index in [0.717, 1.165) is 0 Å². The van der Waals surface area contributed by atoms with Crippen LogP contribution in [0, 0.1) is 0 Å². The number of rotatable bonds is 9. The van der Waals surface area contributed by atoms with E-state index in [1.54, 1.807) is 41.2 Å². The predicted molar refractivity (Wildman–Crippen MR) is 117 cm³/mol. The lowest BCUT2D eigenvalue weighted by molar-refractivity contribution is -0.118. The molecule has 1 aromatic heterocycles. The zero-order valence-corrected chi connectivity index (χ0v) is 18.2. The van der Waals surface area contributed by atoms with Gasteiger partial charge in [0.1, 0.15) is 11.8 Å². The van der Waals surface area contributed by atoms with E-state index in [4.69, 9.17) is 29.8 Å². The average Bonchev–Trinajstić information content (AvgIpc) is 3.32. The van der Waals surface area contributed by atoms with Gasteiger partial charge in [-0.3, -0.25) is 4.79 Å². The maximum Gasteiger partial charge on any atom is 0.243 e. The molecular formula is C21H25N5O6. The maximum absolute atomic E-state index is 12.2. The van der Waals surface area contributed by atoms with Gasteiger partial charge in [0, 0.05) is 5.56 Å². The normalized spacial score (nSPS) is 11.6. The van der Waals surface area contributed by atoms with Crippen molar-refractivity contribution in [3.63, 3.8) is 0 Å². The number of aliphatic hydroxyl groups is 1. The molecule has 2 aromatic carbocycles. The second-order valence-corrected chi connectivity index (χ2v) is 6.61. The molecule has 1 atom stereocenters. The fourth-order valence-corrected chi connectivity index (χ4v) is 3.09. The molecule has 170 valence electrons. The van der Waals surface area contributed by atoms with Crippen molar-refractivity contribution in [2.24, 2.45) is 5.73 Å². The molecule has 32 heavy (non-hydrogen) atoms. The van der Waals surface area contributed by atoms with Gasteiger partial charge in [-0.05, 0) is 30.3 Å². The van der Waals surface area contributed by atoms with E-state index >= 15 is 0 Å². The summed E-state index contributed by atoms with van der Waals surface area (Å²) in [6.45, 7) is -0.484. The summed E-state index contributed by atoms with van der Waals surface area (Å²) in [7, 11) is 6.08. The van der Waals surface area contributed by atoms with Crippen molar-refractivity contribution in [3.8, 4) is 39.9 Å². The van der Waals surface area contributed by atoms with E-state index in [9.17, 15) is 4.79 Å². The van der Waals surface area contributed by atoms with Crippen LogP contribution in [0.25, 0.3) is 16.9 Å². The van der Waals surface area contributed by atoms with E-state index in [1.807, 2.05) is 0 Å². The third-order valence-electron chi connectivity index (χ3n) is 4.73. The largest absolute Gasteiger partial charge is 0.495 e. The number of carbonyl (C=O) groups excluding carboxylic acids is 1. The van der Waals surface area contributed by atoms with E-state index in [0.29, 0.717) is 45.6 Å². The van der Waals surface area contributed by atoms with Crippen LogP contribution in [0.1, 0.15) is 0 Å². The van der Waals surface area contributed by atoms with E-state index in [-0.39, 0.29) is 0 Å². The molecule has 0 spiro atoms. The van der Waals surface area contributed by atoms with Crippen LogP contribution >= 0.6 is 0 Å². The van der Waals surface area contributed by atoms with Gasteiger partial charge in [0.05, 0.1) is 58.3 Å². The molecule has 0 saturated carbocycles. The van der Waals surface area contributed by atoms with Crippen molar-refractivity contribution in [2.75, 3.05) is 40.4 Å². The summed E-state index contributed by atoms with van der Waals surface area (Å²) in [5.41, 5.74) is 7.92. The predicted octanol–water partition coefficient (Wildman–Crippen LogP) is 1.23. The van der Waals surface area contributed by atoms with Crippen molar-refractivity contribution in [2.45, 2.75) is 6.04 Å². The topological polar surface area (TPSA) is 143 Å². The number of hydrogen-bond acceptors (Lipinski definition) is 9. The molecule has 0 aliphatic carbocycles. The fraction of sp³-hybridized carbons (Fsp3) is 0.286. The second-order valence-electron chi connectivity index (χ2n) is 6.61. The van der Waals surface area contributed by atoms with Gasteiger partial charge >= 0.3 is 0 Å². The lowest BCUT2D eigenvalue weighted by atomic mass is 10.1. The minimum absolute atomic E-state index is 0.366. The molecule has 0 saturated heterocycles. The summed E-state index contributed by atoms with van der Waals surface area (Å²) in [4.78, 5) is 12.2. The minimum atomic E-state index is -1.07. The van der Waals surface area contributed by atoms with Crippen LogP contribution in [0.4, 0.5) is 5.69 Å². The number of amides is 1. The quantitative estimate of drug-likeness (QED) is 0.445. The van der Waals surface area contributed by atoms with Gasteiger partial charge in [0.15, 0.2) is 11.5 Å². The molecule has 0 bridgehead atoms. The number of methoxy groups -OCH3 is 4. The van der Waals surface area contributed by atoms with Gasteiger partial charge in [-0.25, -0.2) is 4.68 Å². The highest BCUT2D eigenvalue weighted by atomic mass is 16.5. The fourth-order valence-electron chi connectivity index (χ4n) is 3.09. The molecular weight excluding hydrogens is 418 g/mol. The van der Waals surface area contributed by atoms with Gasteiger partial charge in [0.2, 0.25) is 11.7 Å². The Balaban J connectivity index is 2.07. The van der Waals surface area contributed by atoms with Crippen LogP contribution in [0.2, 0.25) is 0 Å². The van der Waals surface area contributed by atoms with Crippen molar-refractivity contribution in [1.82, 2.24) is 15.0 Å². The maximum atomic E-state index is 12.2. The van der Waals surface area contributed by atoms with E-state index < -0.39 is 18.6 Å². The SMILES string of the molecule is COc1ccc(-n2nncc2-c2cc(OC)c(OC)c(OC)c2)cc1NC(=O)C(N)CO. The number of ether oxygens (including phenoxy) is 4. The number of nitrogens with zero attached hydrogens (tertiary/aromatic N) is 3. The van der Waals surface area contributed by atoms with Crippen molar-refractivity contribution >= 4 is 11.6 Å². The Hall–Kier alpha value is -3.83. The summed E-state index contributed by atoms with van der Waals surface area (Å²) < 4.78 is 23.2. The lowest BCUT2D eigenvalue weighted by Gasteiger charge is -2.16. The summed E-state index contributed by atoms with van der Waals surface area (Å²) in [6.07, 6.45) is 1.59. The Morgan fingerprint density at radius 1 is 1.06 bits per heavy atom. The summed E-state index contributed by atoms with van der Waals surface area (Å²) in [6, 6.07) is 7.60. The van der Waals surface area contributed by atoms with Crippen LogP contribution in [0.3, 0.4) is 0 Å². The molecule has 0 radical (unpaired) electrons. The number of hydrogen-bond donors (Lipinski definition) is 3. The van der Waals surface area contributed by atoms with Crippen molar-refractivity contribution in [1.29, 1.82) is 0 Å². The van der Waals surface area contributed by atoms with Gasteiger partial charge in [-0.15, -0.1) is 5.10 Å². The summed E-state index contributed by atoms with van der Waals surface area (Å²) in [5.74, 6) is 1.30. The number of anilines is 1. The third kappa shape index (κ3) is 4.43. The molecule has 0 aliphatic rings. The Morgan fingerprint density at radius 3 is 2.28 bits per heavy atom. The van der Waals surface area contributed by atoms with Gasteiger partial charge < -0.3 is 35.1 Å². The molecule has 11 nitrogen and oxygen atoms in total. The summed E-state index contributed by atoms with van der Waals surface area (Å²) in [5, 5.41) is 20.0. The van der Waals surface area contributed by atoms with Crippen molar-refractivity contribution in [3.05, 3.63) is 36.5 Å². The van der Waals surface area contributed by atoms with Gasteiger partial charge in [0.25, 0.3) is 0 Å². The molecule has 1 amide bonds. The van der Waals surface area contributed by atoms with Gasteiger partial charge in [-0.1, -0.05) is 5.21 Å². The molecule has 1 unspecified atom stereocenters. The zero-order chi connectivity index (χ0) is 23.3. The Morgan fingerprint density at radius 2 is 1.72 bits per heavy atom. The van der Waals surface area contributed by atoms with E-state index in [1.165, 1.54) is 28.4 Å². The smallest absolute Gasteiger partial charge is 0.243 e. The second kappa shape index (κ2) is 9.98. The highest BCUT2D eigenvalue weighted by Crippen LogP contribution is 2.41. The minimum Gasteiger partial charge on any atom is -0.495 e. The Kier molecular flexibility index (Phi) is 7.13. The van der Waals surface area contributed by atoms with Crippen LogP contribution in [0.15, 0.2) is 36.5 Å². The highest BCUT2D eigenvalue weighted by molar-refractivity contribution is 5.96. The van der Waals surface area contributed by atoms with Crippen LogP contribution in [0.5, 0.6) is 23.0 Å². The monoisotopic (exact) mass is 443 g/mol. The molecule has 0 fully saturated rings. The number of carbonyl (C=O) groups is 1. The molecule has 11 heteroatoms. The molecule has 4 N–H and O–H groups in total. The first-order valence-corrected chi connectivity index (χ1v) is 9.54. The number of aromatic nitrogens is 3. The molecule has 1 heterocycles. The standard InChI is InChI=1S/C21H25N5O6/c1-29-17-6-5-13(9-15(17)24-21(28)14(22)11-27)26-16(10-23-25-26)12-7-18(30-2)20(32-4)19(8-12)31-3/h5-10,14,27H,11,22H2,1-4H3,(H,24,28). The lowest BCUT2D eigenvalue weighted by Crippen LogP contribution is -2.38. The van der Waals surface area contributed by atoms with Crippen LogP contribution in [-0.2, 0) is 4.79 Å². The highest BCUT2D eigenvalue weighted by Gasteiger charge is 2.19. The van der Waals surface area contributed by atoms with Crippen molar-refractivity contribution < 1.29 is 28.8 Å². The number of benzene rings is 2. The Bertz CT molecular complexity index is 1080. The average molecular weight is 443 g/mol. The first-order chi connectivity index (χ1) is 15.5. The van der Waals surface area contributed by atoms with Crippen LogP contribution < -0.4 is 30.0 Å². The number of aliphatic hydroxyl groups excluding tert-OH is 1.